The number of amides is 1. The summed E-state index contributed by atoms with van der Waals surface area (Å²) in [5.41, 5.74) is 4.86. The molecule has 6 heteroatoms. The van der Waals surface area contributed by atoms with Crippen LogP contribution in [0, 0.1) is 0 Å². The first kappa shape index (κ1) is 12.3. The highest BCUT2D eigenvalue weighted by atomic mass is 19.4. The lowest BCUT2D eigenvalue weighted by Crippen LogP contribution is -2.58. The van der Waals surface area contributed by atoms with Crippen molar-refractivity contribution >= 4 is 5.91 Å². The zero-order valence-corrected chi connectivity index (χ0v) is 8.36. The van der Waals surface area contributed by atoms with Gasteiger partial charge in [-0.25, -0.2) is 0 Å². The van der Waals surface area contributed by atoms with Crippen molar-refractivity contribution in [1.82, 2.24) is 5.32 Å². The molecule has 0 radical (unpaired) electrons. The Morgan fingerprint density at radius 1 is 1.40 bits per heavy atom. The second kappa shape index (κ2) is 4.38. The Kier molecular flexibility index (Phi) is 3.59. The van der Waals surface area contributed by atoms with Gasteiger partial charge in [-0.2, -0.15) is 13.2 Å². The monoisotopic (exact) mass is 224 g/mol. The summed E-state index contributed by atoms with van der Waals surface area (Å²) < 4.78 is 35.3. The van der Waals surface area contributed by atoms with Gasteiger partial charge in [0.1, 0.15) is 0 Å². The molecule has 0 saturated heterocycles. The highest BCUT2D eigenvalue weighted by molar-refractivity contribution is 5.86. The fourth-order valence-electron chi connectivity index (χ4n) is 1.45. The largest absolute Gasteiger partial charge is 0.389 e. The van der Waals surface area contributed by atoms with Gasteiger partial charge in [-0.3, -0.25) is 4.79 Å². The molecular weight excluding hydrogens is 209 g/mol. The lowest BCUT2D eigenvalue weighted by Gasteiger charge is -2.36. The zero-order valence-electron chi connectivity index (χ0n) is 8.36. The lowest BCUT2D eigenvalue weighted by molar-refractivity contribution is -0.137. The average molecular weight is 224 g/mol. The van der Waals surface area contributed by atoms with Crippen LogP contribution in [0.4, 0.5) is 13.2 Å². The number of hydrogen-bond acceptors (Lipinski definition) is 2. The van der Waals surface area contributed by atoms with Crippen LogP contribution in [0.2, 0.25) is 0 Å². The quantitative estimate of drug-likeness (QED) is 0.708. The molecule has 0 unspecified atom stereocenters. The molecule has 3 N–H and O–H groups in total. The Balaban J connectivity index is 2.13. The third kappa shape index (κ3) is 3.70. The molecule has 1 aliphatic carbocycles. The molecule has 1 fully saturated rings. The van der Waals surface area contributed by atoms with E-state index >= 15 is 0 Å². The minimum absolute atomic E-state index is 0.0390. The van der Waals surface area contributed by atoms with Crippen molar-refractivity contribution in [2.24, 2.45) is 5.73 Å². The second-order valence-electron chi connectivity index (χ2n) is 3.98. The number of halogens is 3. The van der Waals surface area contributed by atoms with E-state index in [9.17, 15) is 18.0 Å². The summed E-state index contributed by atoms with van der Waals surface area (Å²) in [6.07, 6.45) is -2.96. The summed E-state index contributed by atoms with van der Waals surface area (Å²) in [6, 6.07) is 0. The smallest absolute Gasteiger partial charge is 0.354 e. The maximum Gasteiger partial charge on any atom is 0.389 e. The molecule has 0 atom stereocenters. The average Bonchev–Trinajstić information content (AvgIpc) is 2.06. The van der Waals surface area contributed by atoms with Crippen LogP contribution in [-0.4, -0.2) is 24.2 Å². The first-order valence-corrected chi connectivity index (χ1v) is 4.97. The predicted octanol–water partition coefficient (Wildman–Crippen LogP) is 1.33. The molecule has 88 valence electrons. The summed E-state index contributed by atoms with van der Waals surface area (Å²) in [6.45, 7) is 0.0390. The Labute approximate surface area is 86.2 Å². The lowest BCUT2D eigenvalue weighted by atomic mass is 9.77. The number of nitrogens with one attached hydrogen (secondary N) is 1. The van der Waals surface area contributed by atoms with Crippen LogP contribution in [0.3, 0.4) is 0 Å². The zero-order chi connectivity index (χ0) is 11.5. The summed E-state index contributed by atoms with van der Waals surface area (Å²) in [7, 11) is 0. The van der Waals surface area contributed by atoms with Crippen LogP contribution in [0.15, 0.2) is 0 Å². The fraction of sp³-hybridized carbons (Fsp3) is 0.889. The van der Waals surface area contributed by atoms with Gasteiger partial charge in [0.05, 0.1) is 5.54 Å². The van der Waals surface area contributed by atoms with Gasteiger partial charge in [0.15, 0.2) is 0 Å². The highest BCUT2D eigenvalue weighted by Gasteiger charge is 2.39. The van der Waals surface area contributed by atoms with Crippen molar-refractivity contribution in [1.29, 1.82) is 0 Å². The predicted molar refractivity (Wildman–Crippen MR) is 49.1 cm³/mol. The molecule has 15 heavy (non-hydrogen) atoms. The SMILES string of the molecule is NC1(C(=O)NCCCC(F)(F)F)CCC1. The molecule has 0 aliphatic heterocycles. The van der Waals surface area contributed by atoms with E-state index in [0.29, 0.717) is 12.8 Å². The topological polar surface area (TPSA) is 55.1 Å². The molecule has 0 aromatic carbocycles. The van der Waals surface area contributed by atoms with Gasteiger partial charge >= 0.3 is 6.18 Å². The molecule has 0 aromatic rings. The number of carbonyl (C=O) groups is 1. The minimum atomic E-state index is -4.15. The van der Waals surface area contributed by atoms with Crippen LogP contribution in [0.1, 0.15) is 32.1 Å². The summed E-state index contributed by atoms with van der Waals surface area (Å²) in [5, 5.41) is 2.43. The van der Waals surface area contributed by atoms with Gasteiger partial charge in [0, 0.05) is 13.0 Å². The molecule has 1 saturated carbocycles. The van der Waals surface area contributed by atoms with Crippen molar-refractivity contribution in [3.8, 4) is 0 Å². The van der Waals surface area contributed by atoms with Crippen LogP contribution < -0.4 is 11.1 Å². The Hall–Kier alpha value is -0.780. The summed E-state index contributed by atoms with van der Waals surface area (Å²) >= 11 is 0. The van der Waals surface area contributed by atoms with Crippen LogP contribution in [0.25, 0.3) is 0 Å². The van der Waals surface area contributed by atoms with E-state index in [2.05, 4.69) is 5.32 Å². The Bertz CT molecular complexity index is 236. The molecule has 0 bridgehead atoms. The van der Waals surface area contributed by atoms with Gasteiger partial charge in [-0.1, -0.05) is 0 Å². The van der Waals surface area contributed by atoms with Gasteiger partial charge in [0.2, 0.25) is 5.91 Å². The molecule has 0 heterocycles. The first-order valence-electron chi connectivity index (χ1n) is 4.97. The number of carbonyl (C=O) groups excluding carboxylic acids is 1. The maximum absolute atomic E-state index is 11.8. The molecule has 1 amide bonds. The van der Waals surface area contributed by atoms with Crippen LogP contribution >= 0.6 is 0 Å². The van der Waals surface area contributed by atoms with E-state index < -0.39 is 18.1 Å². The van der Waals surface area contributed by atoms with E-state index in [0.717, 1.165) is 6.42 Å². The van der Waals surface area contributed by atoms with Gasteiger partial charge in [0.25, 0.3) is 0 Å². The third-order valence-corrected chi connectivity index (χ3v) is 2.62. The third-order valence-electron chi connectivity index (χ3n) is 2.62. The number of nitrogens with two attached hydrogens (primary N) is 1. The van der Waals surface area contributed by atoms with Gasteiger partial charge in [-0.15, -0.1) is 0 Å². The first-order chi connectivity index (χ1) is 6.83. The number of alkyl halides is 3. The molecular formula is C9H15F3N2O. The van der Waals surface area contributed by atoms with Crippen molar-refractivity contribution in [2.45, 2.75) is 43.8 Å². The Morgan fingerprint density at radius 3 is 2.40 bits per heavy atom. The van der Waals surface area contributed by atoms with Crippen LogP contribution in [0.5, 0.6) is 0 Å². The summed E-state index contributed by atoms with van der Waals surface area (Å²) in [4.78, 5) is 11.4. The molecule has 3 nitrogen and oxygen atoms in total. The summed E-state index contributed by atoms with van der Waals surface area (Å²) in [5.74, 6) is -0.323. The number of rotatable bonds is 4. The Morgan fingerprint density at radius 2 is 2.00 bits per heavy atom. The van der Waals surface area contributed by atoms with Crippen molar-refractivity contribution in [2.75, 3.05) is 6.54 Å². The molecule has 0 spiro atoms. The van der Waals surface area contributed by atoms with Crippen molar-refractivity contribution in [3.05, 3.63) is 0 Å². The second-order valence-corrected chi connectivity index (χ2v) is 3.98. The molecule has 1 rings (SSSR count). The van der Waals surface area contributed by atoms with Crippen LogP contribution in [-0.2, 0) is 4.79 Å². The van der Waals surface area contributed by atoms with E-state index in [-0.39, 0.29) is 18.9 Å². The van der Waals surface area contributed by atoms with E-state index in [1.165, 1.54) is 0 Å². The van der Waals surface area contributed by atoms with E-state index in [4.69, 9.17) is 5.73 Å². The fourth-order valence-corrected chi connectivity index (χ4v) is 1.45. The van der Waals surface area contributed by atoms with Gasteiger partial charge in [-0.05, 0) is 25.7 Å². The molecule has 1 aliphatic rings. The minimum Gasteiger partial charge on any atom is -0.354 e. The number of hydrogen-bond donors (Lipinski definition) is 2. The maximum atomic E-state index is 11.8. The highest BCUT2D eigenvalue weighted by Crippen LogP contribution is 2.29. The van der Waals surface area contributed by atoms with Gasteiger partial charge < -0.3 is 11.1 Å². The normalized spacial score (nSPS) is 19.5. The van der Waals surface area contributed by atoms with E-state index in [1.807, 2.05) is 0 Å². The standard InChI is InChI=1S/C9H15F3N2O/c10-9(11,12)5-2-6-14-7(15)8(13)3-1-4-8/h1-6,13H2,(H,14,15). The van der Waals surface area contributed by atoms with E-state index in [1.54, 1.807) is 0 Å². The van der Waals surface area contributed by atoms with Crippen molar-refractivity contribution in [3.63, 3.8) is 0 Å². The van der Waals surface area contributed by atoms with Crippen molar-refractivity contribution < 1.29 is 18.0 Å². The molecule has 0 aromatic heterocycles.